The third kappa shape index (κ3) is 4.18. The van der Waals surface area contributed by atoms with Gasteiger partial charge in [-0.25, -0.2) is 4.79 Å². The molecule has 2 N–H and O–H groups in total. The minimum atomic E-state index is -0.410. The molecule has 1 heterocycles. The normalized spacial score (nSPS) is 10.2. The Morgan fingerprint density at radius 3 is 2.40 bits per heavy atom. The van der Waals surface area contributed by atoms with Crippen LogP contribution in [0.3, 0.4) is 0 Å². The van der Waals surface area contributed by atoms with Crippen molar-refractivity contribution in [2.45, 2.75) is 0 Å². The molecule has 1 amide bonds. The predicted octanol–water partition coefficient (Wildman–Crippen LogP) is 3.40. The minimum Gasteiger partial charge on any atom is -0.465 e. The van der Waals surface area contributed by atoms with Gasteiger partial charge in [0.2, 0.25) is 0 Å². The van der Waals surface area contributed by atoms with Gasteiger partial charge in [-0.1, -0.05) is 24.0 Å². The summed E-state index contributed by atoms with van der Waals surface area (Å²) in [6.45, 7) is 0. The Labute approximate surface area is 172 Å². The predicted molar refractivity (Wildman–Crippen MR) is 112 cm³/mol. The molecular formula is C23H16N4O3. The van der Waals surface area contributed by atoms with Crippen LogP contribution in [0.2, 0.25) is 0 Å². The third-order valence-corrected chi connectivity index (χ3v) is 4.33. The number of carbonyl (C=O) groups excluding carboxylic acids is 2. The van der Waals surface area contributed by atoms with Crippen LogP contribution in [0.25, 0.3) is 11.0 Å². The highest BCUT2D eigenvalue weighted by Crippen LogP contribution is 2.15. The van der Waals surface area contributed by atoms with Crippen molar-refractivity contribution in [3.63, 3.8) is 0 Å². The lowest BCUT2D eigenvalue weighted by Gasteiger charge is -2.05. The summed E-state index contributed by atoms with van der Waals surface area (Å²) in [5.41, 5.74) is 4.27. The molecule has 0 bridgehead atoms. The van der Waals surface area contributed by atoms with Gasteiger partial charge in [-0.3, -0.25) is 4.79 Å². The van der Waals surface area contributed by atoms with Crippen LogP contribution in [-0.2, 0) is 4.74 Å². The summed E-state index contributed by atoms with van der Waals surface area (Å²) < 4.78 is 4.73. The van der Waals surface area contributed by atoms with E-state index in [1.165, 1.54) is 7.11 Å². The standard InChI is InChI=1S/C23H16N4O3/c1-30-23(29)18-6-2-4-15(12-18)8-9-16-5-3-7-19(13-16)24-22(28)17-10-11-20-21(14-17)26-27-25-20/h2-7,10-14H,1H3,(H,24,28)(H,25,26,27). The number of aromatic amines is 1. The van der Waals surface area contributed by atoms with E-state index >= 15 is 0 Å². The number of methoxy groups -OCH3 is 1. The molecule has 0 spiro atoms. The molecule has 0 saturated carbocycles. The topological polar surface area (TPSA) is 97.0 Å². The highest BCUT2D eigenvalue weighted by atomic mass is 16.5. The summed E-state index contributed by atoms with van der Waals surface area (Å²) >= 11 is 0. The van der Waals surface area contributed by atoms with E-state index in [-0.39, 0.29) is 5.91 Å². The number of ether oxygens (including phenoxy) is 1. The van der Waals surface area contributed by atoms with Crippen molar-refractivity contribution in [2.24, 2.45) is 0 Å². The fraction of sp³-hybridized carbons (Fsp3) is 0.0435. The summed E-state index contributed by atoms with van der Waals surface area (Å²) in [5, 5.41) is 13.4. The zero-order valence-corrected chi connectivity index (χ0v) is 16.0. The number of nitrogens with zero attached hydrogens (tertiary/aromatic N) is 2. The van der Waals surface area contributed by atoms with Crippen molar-refractivity contribution in [1.29, 1.82) is 0 Å². The number of hydrogen-bond acceptors (Lipinski definition) is 5. The average Bonchev–Trinajstić information content (AvgIpc) is 3.25. The van der Waals surface area contributed by atoms with Gasteiger partial charge in [0.15, 0.2) is 0 Å². The van der Waals surface area contributed by atoms with Gasteiger partial charge in [0, 0.05) is 22.4 Å². The first-order valence-corrected chi connectivity index (χ1v) is 9.05. The van der Waals surface area contributed by atoms with E-state index in [0.29, 0.717) is 33.4 Å². The number of H-pyrrole nitrogens is 1. The maximum Gasteiger partial charge on any atom is 0.337 e. The molecule has 1 aromatic heterocycles. The van der Waals surface area contributed by atoms with Crippen LogP contribution in [0.5, 0.6) is 0 Å². The van der Waals surface area contributed by atoms with Gasteiger partial charge >= 0.3 is 5.97 Å². The SMILES string of the molecule is COC(=O)c1cccc(C#Cc2cccc(NC(=O)c3ccc4n[nH]nc4c3)c2)c1. The lowest BCUT2D eigenvalue weighted by molar-refractivity contribution is 0.0600. The zero-order valence-electron chi connectivity index (χ0n) is 16.0. The van der Waals surface area contributed by atoms with E-state index in [9.17, 15) is 9.59 Å². The van der Waals surface area contributed by atoms with Gasteiger partial charge in [-0.15, -0.1) is 0 Å². The number of nitrogens with one attached hydrogen (secondary N) is 2. The van der Waals surface area contributed by atoms with E-state index in [1.54, 1.807) is 48.5 Å². The molecule has 4 rings (SSSR count). The number of esters is 1. The third-order valence-electron chi connectivity index (χ3n) is 4.33. The first-order chi connectivity index (χ1) is 14.6. The second-order valence-corrected chi connectivity index (χ2v) is 6.38. The average molecular weight is 396 g/mol. The second-order valence-electron chi connectivity index (χ2n) is 6.38. The van der Waals surface area contributed by atoms with Crippen LogP contribution in [0.15, 0.2) is 66.7 Å². The number of benzene rings is 3. The van der Waals surface area contributed by atoms with Crippen molar-refractivity contribution in [3.05, 3.63) is 89.0 Å². The zero-order chi connectivity index (χ0) is 20.9. The van der Waals surface area contributed by atoms with Crippen LogP contribution in [-0.4, -0.2) is 34.4 Å². The fourth-order valence-electron chi connectivity index (χ4n) is 2.85. The molecule has 0 aliphatic heterocycles. The van der Waals surface area contributed by atoms with Gasteiger partial charge in [0.25, 0.3) is 5.91 Å². The molecule has 30 heavy (non-hydrogen) atoms. The van der Waals surface area contributed by atoms with Gasteiger partial charge < -0.3 is 10.1 Å². The lowest BCUT2D eigenvalue weighted by Crippen LogP contribution is -2.11. The summed E-state index contributed by atoms with van der Waals surface area (Å²) in [7, 11) is 1.34. The molecule has 0 fully saturated rings. The van der Waals surface area contributed by atoms with Crippen LogP contribution in [0.1, 0.15) is 31.8 Å². The Balaban J connectivity index is 1.51. The van der Waals surface area contributed by atoms with Crippen molar-refractivity contribution in [3.8, 4) is 11.8 Å². The first-order valence-electron chi connectivity index (χ1n) is 9.05. The second kappa shape index (κ2) is 8.29. The maximum absolute atomic E-state index is 12.6. The number of rotatable bonds is 3. The Hall–Kier alpha value is -4.44. The summed E-state index contributed by atoms with van der Waals surface area (Å²) in [5.74, 6) is 5.40. The van der Waals surface area contributed by atoms with Crippen molar-refractivity contribution < 1.29 is 14.3 Å². The molecule has 3 aromatic carbocycles. The van der Waals surface area contributed by atoms with Crippen molar-refractivity contribution in [1.82, 2.24) is 15.4 Å². The maximum atomic E-state index is 12.6. The molecule has 0 radical (unpaired) electrons. The van der Waals surface area contributed by atoms with E-state index in [4.69, 9.17) is 4.74 Å². The summed E-state index contributed by atoms with van der Waals surface area (Å²) in [6, 6.07) is 19.2. The molecular weight excluding hydrogens is 380 g/mol. The molecule has 0 saturated heterocycles. The van der Waals surface area contributed by atoms with E-state index < -0.39 is 5.97 Å². The largest absolute Gasteiger partial charge is 0.465 e. The summed E-state index contributed by atoms with van der Waals surface area (Å²) in [6.07, 6.45) is 0. The van der Waals surface area contributed by atoms with Crippen molar-refractivity contribution >= 4 is 28.6 Å². The first kappa shape index (κ1) is 18.9. The van der Waals surface area contributed by atoms with Gasteiger partial charge in [-0.05, 0) is 54.6 Å². The number of hydrogen-bond donors (Lipinski definition) is 2. The molecule has 0 aliphatic carbocycles. The van der Waals surface area contributed by atoms with E-state index in [2.05, 4.69) is 32.6 Å². The lowest BCUT2D eigenvalue weighted by atomic mass is 10.1. The molecule has 0 unspecified atom stereocenters. The monoisotopic (exact) mass is 396 g/mol. The number of amides is 1. The van der Waals surface area contributed by atoms with Crippen LogP contribution in [0, 0.1) is 11.8 Å². The Bertz CT molecular complexity index is 1310. The van der Waals surface area contributed by atoms with Gasteiger partial charge in [0.05, 0.1) is 12.7 Å². The smallest absolute Gasteiger partial charge is 0.337 e. The van der Waals surface area contributed by atoms with Crippen LogP contribution < -0.4 is 5.32 Å². The molecule has 0 atom stereocenters. The molecule has 0 aliphatic rings. The number of anilines is 1. The van der Waals surface area contributed by atoms with Gasteiger partial charge in [-0.2, -0.15) is 15.4 Å². The van der Waals surface area contributed by atoms with Crippen LogP contribution in [0.4, 0.5) is 5.69 Å². The summed E-state index contributed by atoms with van der Waals surface area (Å²) in [4.78, 5) is 24.2. The molecule has 7 nitrogen and oxygen atoms in total. The highest BCUT2D eigenvalue weighted by molar-refractivity contribution is 6.05. The van der Waals surface area contributed by atoms with E-state index in [1.807, 2.05) is 18.2 Å². The highest BCUT2D eigenvalue weighted by Gasteiger charge is 2.09. The number of fused-ring (bicyclic) bond motifs is 1. The molecule has 146 valence electrons. The van der Waals surface area contributed by atoms with Crippen molar-refractivity contribution in [2.75, 3.05) is 12.4 Å². The van der Waals surface area contributed by atoms with Crippen LogP contribution >= 0.6 is 0 Å². The quantitative estimate of drug-likeness (QED) is 0.409. The fourth-order valence-corrected chi connectivity index (χ4v) is 2.85. The Kier molecular flexibility index (Phi) is 5.22. The Morgan fingerprint density at radius 2 is 1.60 bits per heavy atom. The Morgan fingerprint density at radius 1 is 0.867 bits per heavy atom. The minimum absolute atomic E-state index is 0.254. The van der Waals surface area contributed by atoms with E-state index in [0.717, 1.165) is 5.56 Å². The molecule has 7 heteroatoms. The van der Waals surface area contributed by atoms with Gasteiger partial charge in [0.1, 0.15) is 11.0 Å². The number of carbonyl (C=O) groups is 2. The number of aromatic nitrogens is 3. The molecule has 4 aromatic rings.